The summed E-state index contributed by atoms with van der Waals surface area (Å²) in [5.41, 5.74) is 0. The van der Waals surface area contributed by atoms with Crippen molar-refractivity contribution in [3.8, 4) is 0 Å². The highest BCUT2D eigenvalue weighted by atomic mass is 32.2. The number of halogens is 1. The highest BCUT2D eigenvalue weighted by Gasteiger charge is 2.40. The number of hydrogen-bond acceptors (Lipinski definition) is 3. The van der Waals surface area contributed by atoms with E-state index in [-0.39, 0.29) is 4.90 Å². The highest BCUT2D eigenvalue weighted by molar-refractivity contribution is 7.89. The van der Waals surface area contributed by atoms with Crippen LogP contribution in [-0.2, 0) is 10.0 Å². The van der Waals surface area contributed by atoms with Gasteiger partial charge in [-0.05, 0) is 44.1 Å². The van der Waals surface area contributed by atoms with Gasteiger partial charge in [0.15, 0.2) is 0 Å². The van der Waals surface area contributed by atoms with Crippen LogP contribution in [0.15, 0.2) is 29.2 Å². The van der Waals surface area contributed by atoms with Gasteiger partial charge in [-0.15, -0.1) is 0 Å². The van der Waals surface area contributed by atoms with E-state index in [1.54, 1.807) is 0 Å². The standard InChI is InChI=1S/C13H17FN2O2S/c14-11-4-3-5-13(8-11)19(17,18)16-9-12(10-16)15-6-1-2-7-15/h3-5,8,12H,1-2,6-7,9-10H2. The van der Waals surface area contributed by atoms with Crippen LogP contribution in [0.1, 0.15) is 12.8 Å². The normalized spacial score (nSPS) is 22.6. The van der Waals surface area contributed by atoms with E-state index < -0.39 is 15.8 Å². The molecule has 2 heterocycles. The molecule has 2 saturated heterocycles. The second kappa shape index (κ2) is 4.85. The molecule has 2 aliphatic heterocycles. The number of rotatable bonds is 3. The fourth-order valence-electron chi connectivity index (χ4n) is 2.73. The minimum absolute atomic E-state index is 0.0485. The van der Waals surface area contributed by atoms with Crippen molar-refractivity contribution >= 4 is 10.0 Å². The minimum atomic E-state index is -3.52. The van der Waals surface area contributed by atoms with Crippen LogP contribution in [0.2, 0.25) is 0 Å². The van der Waals surface area contributed by atoms with Crippen LogP contribution in [-0.4, -0.2) is 49.8 Å². The molecule has 1 aromatic carbocycles. The summed E-state index contributed by atoms with van der Waals surface area (Å²) in [7, 11) is -3.52. The lowest BCUT2D eigenvalue weighted by Crippen LogP contribution is -2.60. The predicted octanol–water partition coefficient (Wildman–Crippen LogP) is 1.29. The summed E-state index contributed by atoms with van der Waals surface area (Å²) in [6.45, 7) is 3.19. The Hall–Kier alpha value is -0.980. The molecular weight excluding hydrogens is 267 g/mol. The van der Waals surface area contributed by atoms with E-state index >= 15 is 0 Å². The second-order valence-corrected chi connectivity index (χ2v) is 7.11. The van der Waals surface area contributed by atoms with Crippen molar-refractivity contribution in [3.63, 3.8) is 0 Å². The van der Waals surface area contributed by atoms with Crippen LogP contribution < -0.4 is 0 Å². The van der Waals surface area contributed by atoms with Gasteiger partial charge in [0.25, 0.3) is 0 Å². The molecule has 0 aliphatic carbocycles. The molecule has 0 spiro atoms. The molecule has 19 heavy (non-hydrogen) atoms. The lowest BCUT2D eigenvalue weighted by Gasteiger charge is -2.42. The van der Waals surface area contributed by atoms with E-state index in [0.717, 1.165) is 19.2 Å². The molecule has 0 saturated carbocycles. The van der Waals surface area contributed by atoms with E-state index in [0.29, 0.717) is 19.1 Å². The van der Waals surface area contributed by atoms with E-state index in [9.17, 15) is 12.8 Å². The topological polar surface area (TPSA) is 40.6 Å². The molecular formula is C13H17FN2O2S. The van der Waals surface area contributed by atoms with Crippen molar-refractivity contribution in [1.82, 2.24) is 9.21 Å². The largest absolute Gasteiger partial charge is 0.298 e. The van der Waals surface area contributed by atoms with Gasteiger partial charge in [-0.1, -0.05) is 6.07 Å². The Bertz CT molecular complexity index is 564. The highest BCUT2D eigenvalue weighted by Crippen LogP contribution is 2.26. The van der Waals surface area contributed by atoms with Crippen molar-refractivity contribution in [1.29, 1.82) is 0 Å². The molecule has 4 nitrogen and oxygen atoms in total. The number of benzene rings is 1. The Kier molecular flexibility index (Phi) is 3.32. The number of hydrogen-bond donors (Lipinski definition) is 0. The minimum Gasteiger partial charge on any atom is -0.298 e. The van der Waals surface area contributed by atoms with Gasteiger partial charge in [0.1, 0.15) is 5.82 Å². The molecule has 0 atom stereocenters. The van der Waals surface area contributed by atoms with Crippen molar-refractivity contribution < 1.29 is 12.8 Å². The first kappa shape index (κ1) is 13.0. The Labute approximate surface area is 112 Å². The molecule has 0 bridgehead atoms. The molecule has 0 radical (unpaired) electrons. The molecule has 1 aromatic rings. The van der Waals surface area contributed by atoms with E-state index in [1.807, 2.05) is 0 Å². The van der Waals surface area contributed by atoms with Crippen LogP contribution >= 0.6 is 0 Å². The molecule has 2 aliphatic rings. The van der Waals surface area contributed by atoms with Gasteiger partial charge in [-0.2, -0.15) is 4.31 Å². The number of nitrogens with zero attached hydrogens (tertiary/aromatic N) is 2. The smallest absolute Gasteiger partial charge is 0.243 e. The van der Waals surface area contributed by atoms with E-state index in [2.05, 4.69) is 4.90 Å². The molecule has 0 amide bonds. The summed E-state index contributed by atoms with van der Waals surface area (Å²) in [4.78, 5) is 2.39. The molecule has 104 valence electrons. The average Bonchev–Trinajstić information content (AvgIpc) is 2.80. The maximum Gasteiger partial charge on any atom is 0.243 e. The molecule has 3 rings (SSSR count). The van der Waals surface area contributed by atoms with Crippen LogP contribution in [0.3, 0.4) is 0 Å². The molecule has 2 fully saturated rings. The fraction of sp³-hybridized carbons (Fsp3) is 0.538. The zero-order valence-electron chi connectivity index (χ0n) is 10.6. The number of sulfonamides is 1. The van der Waals surface area contributed by atoms with Crippen molar-refractivity contribution in [2.75, 3.05) is 26.2 Å². The fourth-order valence-corrected chi connectivity index (χ4v) is 4.27. The monoisotopic (exact) mass is 284 g/mol. The summed E-state index contributed by atoms with van der Waals surface area (Å²) in [6, 6.07) is 5.55. The lowest BCUT2D eigenvalue weighted by molar-refractivity contribution is 0.110. The van der Waals surface area contributed by atoms with Crippen molar-refractivity contribution in [3.05, 3.63) is 30.1 Å². The summed E-state index contributed by atoms with van der Waals surface area (Å²) in [6.07, 6.45) is 2.40. The third-order valence-electron chi connectivity index (χ3n) is 3.92. The molecule has 6 heteroatoms. The first-order valence-electron chi connectivity index (χ1n) is 6.57. The van der Waals surface area contributed by atoms with E-state index in [1.165, 1.54) is 35.3 Å². The molecule has 0 N–H and O–H groups in total. The Morgan fingerprint density at radius 1 is 1.16 bits per heavy atom. The van der Waals surface area contributed by atoms with Crippen LogP contribution in [0.25, 0.3) is 0 Å². The van der Waals surface area contributed by atoms with Crippen LogP contribution in [0.5, 0.6) is 0 Å². The summed E-state index contributed by atoms with van der Waals surface area (Å²) >= 11 is 0. The number of likely N-dealkylation sites (tertiary alicyclic amines) is 1. The Morgan fingerprint density at radius 2 is 1.84 bits per heavy atom. The van der Waals surface area contributed by atoms with Gasteiger partial charge in [0, 0.05) is 19.1 Å². The van der Waals surface area contributed by atoms with Gasteiger partial charge in [0.05, 0.1) is 4.90 Å². The third-order valence-corrected chi connectivity index (χ3v) is 5.75. The maximum atomic E-state index is 13.1. The summed E-state index contributed by atoms with van der Waals surface area (Å²) < 4.78 is 39.1. The first-order chi connectivity index (χ1) is 9.07. The van der Waals surface area contributed by atoms with Gasteiger partial charge >= 0.3 is 0 Å². The zero-order chi connectivity index (χ0) is 13.5. The Morgan fingerprint density at radius 3 is 2.47 bits per heavy atom. The molecule has 0 unspecified atom stereocenters. The van der Waals surface area contributed by atoms with Crippen molar-refractivity contribution in [2.24, 2.45) is 0 Å². The predicted molar refractivity (Wildman–Crippen MR) is 69.8 cm³/mol. The third kappa shape index (κ3) is 2.40. The summed E-state index contributed by atoms with van der Waals surface area (Å²) in [5.74, 6) is -0.516. The first-order valence-corrected chi connectivity index (χ1v) is 8.01. The van der Waals surface area contributed by atoms with Gasteiger partial charge in [0.2, 0.25) is 10.0 Å². The second-order valence-electron chi connectivity index (χ2n) is 5.18. The SMILES string of the molecule is O=S(=O)(c1cccc(F)c1)N1CC(N2CCCC2)C1. The maximum absolute atomic E-state index is 13.1. The Balaban J connectivity index is 1.70. The average molecular weight is 284 g/mol. The molecule has 0 aromatic heterocycles. The van der Waals surface area contributed by atoms with E-state index in [4.69, 9.17) is 0 Å². The van der Waals surface area contributed by atoms with Gasteiger partial charge in [-0.3, -0.25) is 4.90 Å². The van der Waals surface area contributed by atoms with Gasteiger partial charge < -0.3 is 0 Å². The zero-order valence-corrected chi connectivity index (χ0v) is 11.4. The van der Waals surface area contributed by atoms with Crippen molar-refractivity contribution in [2.45, 2.75) is 23.8 Å². The lowest BCUT2D eigenvalue weighted by atomic mass is 10.1. The van der Waals surface area contributed by atoms with Gasteiger partial charge in [-0.25, -0.2) is 12.8 Å². The summed E-state index contributed by atoms with van der Waals surface area (Å²) in [5, 5.41) is 0. The van der Waals surface area contributed by atoms with Crippen LogP contribution in [0.4, 0.5) is 4.39 Å². The quantitative estimate of drug-likeness (QED) is 0.840. The van der Waals surface area contributed by atoms with Crippen LogP contribution in [0, 0.1) is 5.82 Å².